The maximum absolute atomic E-state index is 11.6. The molecule has 1 heterocycles. The number of benzene rings is 1. The Balaban J connectivity index is 2.40. The summed E-state index contributed by atoms with van der Waals surface area (Å²) in [6, 6.07) is 6.99. The second kappa shape index (κ2) is 4.67. The number of likely N-dealkylation sites (tertiary alicyclic amines) is 1. The van der Waals surface area contributed by atoms with Crippen molar-refractivity contribution in [2.75, 3.05) is 14.2 Å². The van der Waals surface area contributed by atoms with E-state index in [1.807, 2.05) is 6.07 Å². The van der Waals surface area contributed by atoms with Gasteiger partial charge in [0, 0.05) is 19.5 Å². The largest absolute Gasteiger partial charge is 0.495 e. The van der Waals surface area contributed by atoms with Gasteiger partial charge in [-0.25, -0.2) is 0 Å². The molecule has 2 rings (SSSR count). The van der Waals surface area contributed by atoms with E-state index in [1.165, 1.54) is 7.11 Å². The minimum atomic E-state index is -0.234. The first-order valence-corrected chi connectivity index (χ1v) is 5.67. The number of hydrogen-bond donors (Lipinski definition) is 1. The standard InChI is InChI=1S/C13H15N3O2/c1-16-12(17)6-10(15)13(16)8-3-4-11(18-2)9(5-8)7-14/h3-5,10,13H,6,15H2,1-2H3. The van der Waals surface area contributed by atoms with E-state index in [0.29, 0.717) is 17.7 Å². The van der Waals surface area contributed by atoms with Gasteiger partial charge in [0.15, 0.2) is 0 Å². The monoisotopic (exact) mass is 245 g/mol. The SMILES string of the molecule is COc1ccc(C2C(N)CC(=O)N2C)cc1C#N. The molecule has 5 heteroatoms. The van der Waals surface area contributed by atoms with Gasteiger partial charge in [-0.05, 0) is 17.7 Å². The lowest BCUT2D eigenvalue weighted by atomic mass is 9.99. The van der Waals surface area contributed by atoms with Gasteiger partial charge in [-0.1, -0.05) is 6.07 Å². The third kappa shape index (κ3) is 1.91. The Labute approximate surface area is 106 Å². The summed E-state index contributed by atoms with van der Waals surface area (Å²) < 4.78 is 5.09. The van der Waals surface area contributed by atoms with E-state index in [2.05, 4.69) is 6.07 Å². The number of likely N-dealkylation sites (N-methyl/N-ethyl adjacent to an activating group) is 1. The molecule has 0 saturated carbocycles. The predicted octanol–water partition coefficient (Wildman–Crippen LogP) is 0.797. The molecular weight excluding hydrogens is 230 g/mol. The van der Waals surface area contributed by atoms with Crippen molar-refractivity contribution in [1.82, 2.24) is 4.90 Å². The number of methoxy groups -OCH3 is 1. The Morgan fingerprint density at radius 2 is 2.28 bits per heavy atom. The van der Waals surface area contributed by atoms with Crippen LogP contribution in [0.1, 0.15) is 23.6 Å². The van der Waals surface area contributed by atoms with Crippen molar-refractivity contribution in [2.24, 2.45) is 5.73 Å². The smallest absolute Gasteiger partial charge is 0.224 e. The van der Waals surface area contributed by atoms with Crippen molar-refractivity contribution in [3.8, 4) is 11.8 Å². The maximum atomic E-state index is 11.6. The van der Waals surface area contributed by atoms with Gasteiger partial charge in [0.2, 0.25) is 5.91 Å². The summed E-state index contributed by atoms with van der Waals surface area (Å²) in [5.41, 5.74) is 7.30. The fourth-order valence-electron chi connectivity index (χ4n) is 2.37. The normalized spacial score (nSPS) is 23.0. The molecule has 2 unspecified atom stereocenters. The summed E-state index contributed by atoms with van der Waals surface area (Å²) in [6.45, 7) is 0. The first kappa shape index (κ1) is 12.4. The molecule has 1 amide bonds. The van der Waals surface area contributed by atoms with Gasteiger partial charge in [0.1, 0.15) is 11.8 Å². The van der Waals surface area contributed by atoms with Crippen molar-refractivity contribution in [3.05, 3.63) is 29.3 Å². The number of carbonyl (C=O) groups is 1. The fourth-order valence-corrected chi connectivity index (χ4v) is 2.37. The third-order valence-corrected chi connectivity index (χ3v) is 3.31. The first-order chi connectivity index (χ1) is 8.58. The molecule has 1 saturated heterocycles. The zero-order valence-corrected chi connectivity index (χ0v) is 10.4. The molecule has 0 spiro atoms. The van der Waals surface area contributed by atoms with Crippen molar-refractivity contribution in [3.63, 3.8) is 0 Å². The highest BCUT2D eigenvalue weighted by molar-refractivity contribution is 5.80. The van der Waals surface area contributed by atoms with Crippen molar-refractivity contribution >= 4 is 5.91 Å². The summed E-state index contributed by atoms with van der Waals surface area (Å²) in [5.74, 6) is 0.559. The number of amides is 1. The number of carbonyl (C=O) groups excluding carboxylic acids is 1. The molecule has 2 N–H and O–H groups in total. The number of nitriles is 1. The second-order valence-electron chi connectivity index (χ2n) is 4.39. The van der Waals surface area contributed by atoms with E-state index in [-0.39, 0.29) is 18.0 Å². The summed E-state index contributed by atoms with van der Waals surface area (Å²) in [4.78, 5) is 13.2. The summed E-state index contributed by atoms with van der Waals surface area (Å²) in [7, 11) is 3.25. The average Bonchev–Trinajstić information content (AvgIpc) is 2.62. The third-order valence-electron chi connectivity index (χ3n) is 3.31. The Bertz CT molecular complexity index is 521. The first-order valence-electron chi connectivity index (χ1n) is 5.67. The lowest BCUT2D eigenvalue weighted by Crippen LogP contribution is -2.30. The molecule has 18 heavy (non-hydrogen) atoms. The molecule has 1 fully saturated rings. The minimum absolute atomic E-state index is 0.0295. The fraction of sp³-hybridized carbons (Fsp3) is 0.385. The molecular formula is C13H15N3O2. The number of ether oxygens (including phenoxy) is 1. The van der Waals surface area contributed by atoms with Crippen molar-refractivity contribution in [1.29, 1.82) is 5.26 Å². The van der Waals surface area contributed by atoms with Crippen LogP contribution >= 0.6 is 0 Å². The molecule has 1 aliphatic rings. The minimum Gasteiger partial charge on any atom is -0.495 e. The van der Waals surface area contributed by atoms with Crippen LogP contribution in [-0.4, -0.2) is 31.0 Å². The molecule has 1 aliphatic heterocycles. The number of rotatable bonds is 2. The second-order valence-corrected chi connectivity index (χ2v) is 4.39. The van der Waals surface area contributed by atoms with Crippen molar-refractivity contribution in [2.45, 2.75) is 18.5 Å². The summed E-state index contributed by atoms with van der Waals surface area (Å²) in [6.07, 6.45) is 0.342. The van der Waals surface area contributed by atoms with Crippen LogP contribution < -0.4 is 10.5 Å². The highest BCUT2D eigenvalue weighted by atomic mass is 16.5. The summed E-state index contributed by atoms with van der Waals surface area (Å²) in [5, 5.41) is 9.06. The van der Waals surface area contributed by atoms with Crippen molar-refractivity contribution < 1.29 is 9.53 Å². The Kier molecular flexibility index (Phi) is 3.21. The zero-order valence-electron chi connectivity index (χ0n) is 10.4. The van der Waals surface area contributed by atoms with Crippen LogP contribution in [0.3, 0.4) is 0 Å². The molecule has 0 aromatic heterocycles. The van der Waals surface area contributed by atoms with Crippen LogP contribution in [0.5, 0.6) is 5.75 Å². The van der Waals surface area contributed by atoms with E-state index in [9.17, 15) is 4.79 Å². The van der Waals surface area contributed by atoms with Gasteiger partial charge in [-0.2, -0.15) is 5.26 Å². The van der Waals surface area contributed by atoms with E-state index < -0.39 is 0 Å². The highest BCUT2D eigenvalue weighted by Gasteiger charge is 2.36. The van der Waals surface area contributed by atoms with Gasteiger partial charge in [-0.15, -0.1) is 0 Å². The van der Waals surface area contributed by atoms with Crippen LogP contribution in [0.2, 0.25) is 0 Å². The maximum Gasteiger partial charge on any atom is 0.224 e. The van der Waals surface area contributed by atoms with Gasteiger partial charge in [-0.3, -0.25) is 4.79 Å². The quantitative estimate of drug-likeness (QED) is 0.835. The van der Waals surface area contributed by atoms with Gasteiger partial charge < -0.3 is 15.4 Å². The zero-order chi connectivity index (χ0) is 13.3. The lowest BCUT2D eigenvalue weighted by Gasteiger charge is -2.23. The van der Waals surface area contributed by atoms with Crippen LogP contribution in [0.4, 0.5) is 0 Å². The molecule has 2 atom stereocenters. The van der Waals surface area contributed by atoms with Crippen LogP contribution in [0.15, 0.2) is 18.2 Å². The predicted molar refractivity (Wildman–Crippen MR) is 65.8 cm³/mol. The summed E-state index contributed by atoms with van der Waals surface area (Å²) >= 11 is 0. The molecule has 1 aromatic carbocycles. The van der Waals surface area contributed by atoms with E-state index >= 15 is 0 Å². The Morgan fingerprint density at radius 1 is 1.56 bits per heavy atom. The highest BCUT2D eigenvalue weighted by Crippen LogP contribution is 2.32. The van der Waals surface area contributed by atoms with Gasteiger partial charge >= 0.3 is 0 Å². The molecule has 0 bridgehead atoms. The molecule has 1 aromatic rings. The Hall–Kier alpha value is -2.06. The molecule has 0 radical (unpaired) electrons. The number of hydrogen-bond acceptors (Lipinski definition) is 4. The van der Waals surface area contributed by atoms with Crippen LogP contribution in [-0.2, 0) is 4.79 Å². The van der Waals surface area contributed by atoms with Gasteiger partial charge in [0.25, 0.3) is 0 Å². The average molecular weight is 245 g/mol. The molecule has 94 valence electrons. The molecule has 5 nitrogen and oxygen atoms in total. The van der Waals surface area contributed by atoms with E-state index in [1.54, 1.807) is 24.1 Å². The molecule has 0 aliphatic carbocycles. The van der Waals surface area contributed by atoms with Gasteiger partial charge in [0.05, 0.1) is 18.7 Å². The van der Waals surface area contributed by atoms with E-state index in [0.717, 1.165) is 5.56 Å². The number of nitrogens with zero attached hydrogens (tertiary/aromatic N) is 2. The Morgan fingerprint density at radius 3 is 2.78 bits per heavy atom. The topological polar surface area (TPSA) is 79.3 Å². The van der Waals surface area contributed by atoms with Crippen LogP contribution in [0, 0.1) is 11.3 Å². The lowest BCUT2D eigenvalue weighted by molar-refractivity contribution is -0.127. The number of nitrogens with two attached hydrogens (primary N) is 1. The van der Waals surface area contributed by atoms with E-state index in [4.69, 9.17) is 15.7 Å². The van der Waals surface area contributed by atoms with Crippen LogP contribution in [0.25, 0.3) is 0 Å².